The van der Waals surface area contributed by atoms with Gasteiger partial charge in [-0.1, -0.05) is 18.2 Å². The standard InChI is InChI=1S/C12H14O3/c1-3-6-9(2)15-11-8-5-4-7-10(11)12(13)14/h3-5,7-9H,1,6H2,2H3,(H,13,14)/t9-/m0/s1. The molecule has 0 aromatic heterocycles. The number of carboxylic acids is 1. The van der Waals surface area contributed by atoms with Gasteiger partial charge in [-0.15, -0.1) is 6.58 Å². The summed E-state index contributed by atoms with van der Waals surface area (Å²) in [7, 11) is 0. The maximum Gasteiger partial charge on any atom is 0.339 e. The summed E-state index contributed by atoms with van der Waals surface area (Å²) in [6.45, 7) is 5.48. The van der Waals surface area contributed by atoms with Crippen LogP contribution in [0.25, 0.3) is 0 Å². The van der Waals surface area contributed by atoms with Crippen molar-refractivity contribution in [1.29, 1.82) is 0 Å². The molecule has 3 nitrogen and oxygen atoms in total. The Morgan fingerprint density at radius 3 is 2.87 bits per heavy atom. The van der Waals surface area contributed by atoms with Crippen molar-refractivity contribution in [1.82, 2.24) is 0 Å². The molecule has 1 rings (SSSR count). The van der Waals surface area contributed by atoms with Crippen molar-refractivity contribution in [2.75, 3.05) is 0 Å². The number of para-hydroxylation sites is 1. The Labute approximate surface area is 89.0 Å². The van der Waals surface area contributed by atoms with Crippen molar-refractivity contribution in [2.24, 2.45) is 0 Å². The van der Waals surface area contributed by atoms with Gasteiger partial charge in [0.05, 0.1) is 6.10 Å². The molecule has 1 N–H and O–H groups in total. The summed E-state index contributed by atoms with van der Waals surface area (Å²) in [5.41, 5.74) is 0.188. The molecule has 0 radical (unpaired) electrons. The molecule has 0 fully saturated rings. The van der Waals surface area contributed by atoms with Crippen LogP contribution in [0.4, 0.5) is 0 Å². The SMILES string of the molecule is C=CC[C@H](C)Oc1ccccc1C(=O)O. The predicted molar refractivity (Wildman–Crippen MR) is 58.3 cm³/mol. The Balaban J connectivity index is 2.84. The van der Waals surface area contributed by atoms with Gasteiger partial charge in [0.2, 0.25) is 0 Å². The quantitative estimate of drug-likeness (QED) is 0.753. The molecule has 1 aromatic rings. The van der Waals surface area contributed by atoms with Gasteiger partial charge in [0.25, 0.3) is 0 Å². The van der Waals surface area contributed by atoms with E-state index in [-0.39, 0.29) is 11.7 Å². The lowest BCUT2D eigenvalue weighted by Gasteiger charge is -2.14. The highest BCUT2D eigenvalue weighted by atomic mass is 16.5. The molecule has 0 spiro atoms. The van der Waals surface area contributed by atoms with Crippen LogP contribution in [-0.4, -0.2) is 17.2 Å². The van der Waals surface area contributed by atoms with E-state index in [0.29, 0.717) is 12.2 Å². The van der Waals surface area contributed by atoms with Gasteiger partial charge in [-0.25, -0.2) is 4.79 Å². The van der Waals surface area contributed by atoms with Crippen molar-refractivity contribution >= 4 is 5.97 Å². The minimum atomic E-state index is -0.976. The fourth-order valence-electron chi connectivity index (χ4n) is 1.25. The summed E-state index contributed by atoms with van der Waals surface area (Å²) < 4.78 is 5.50. The van der Waals surface area contributed by atoms with Crippen molar-refractivity contribution in [3.8, 4) is 5.75 Å². The van der Waals surface area contributed by atoms with Crippen LogP contribution in [0.2, 0.25) is 0 Å². The zero-order chi connectivity index (χ0) is 11.3. The molecule has 15 heavy (non-hydrogen) atoms. The Morgan fingerprint density at radius 2 is 2.27 bits per heavy atom. The summed E-state index contributed by atoms with van der Waals surface area (Å²) >= 11 is 0. The number of benzene rings is 1. The van der Waals surface area contributed by atoms with E-state index < -0.39 is 5.97 Å². The van der Waals surface area contributed by atoms with Crippen LogP contribution in [-0.2, 0) is 0 Å². The first kappa shape index (κ1) is 11.3. The van der Waals surface area contributed by atoms with Crippen LogP contribution in [0.15, 0.2) is 36.9 Å². The first-order valence-electron chi connectivity index (χ1n) is 4.75. The second-order valence-corrected chi connectivity index (χ2v) is 3.25. The van der Waals surface area contributed by atoms with Gasteiger partial charge >= 0.3 is 5.97 Å². The molecule has 0 heterocycles. The molecular formula is C12H14O3. The predicted octanol–water partition coefficient (Wildman–Crippen LogP) is 2.73. The second-order valence-electron chi connectivity index (χ2n) is 3.25. The summed E-state index contributed by atoms with van der Waals surface area (Å²) in [6, 6.07) is 6.61. The van der Waals surface area contributed by atoms with E-state index in [4.69, 9.17) is 9.84 Å². The van der Waals surface area contributed by atoms with Crippen molar-refractivity contribution in [2.45, 2.75) is 19.4 Å². The van der Waals surface area contributed by atoms with E-state index in [0.717, 1.165) is 0 Å². The maximum atomic E-state index is 10.9. The Bertz CT molecular complexity index is 358. The zero-order valence-electron chi connectivity index (χ0n) is 8.64. The fraction of sp³-hybridized carbons (Fsp3) is 0.250. The van der Waals surface area contributed by atoms with Crippen LogP contribution in [0, 0.1) is 0 Å². The van der Waals surface area contributed by atoms with Crippen molar-refractivity contribution in [3.05, 3.63) is 42.5 Å². The molecule has 0 saturated carbocycles. The van der Waals surface area contributed by atoms with E-state index in [2.05, 4.69) is 6.58 Å². The van der Waals surface area contributed by atoms with Crippen LogP contribution < -0.4 is 4.74 Å². The first-order valence-corrected chi connectivity index (χ1v) is 4.75. The average Bonchev–Trinajstić information content (AvgIpc) is 2.18. The summed E-state index contributed by atoms with van der Waals surface area (Å²) in [5.74, 6) is -0.573. The molecule has 0 unspecified atom stereocenters. The molecule has 0 aliphatic rings. The number of aromatic carboxylic acids is 1. The van der Waals surface area contributed by atoms with Crippen LogP contribution >= 0.6 is 0 Å². The highest BCUT2D eigenvalue weighted by Gasteiger charge is 2.11. The third kappa shape index (κ3) is 3.13. The molecule has 0 aliphatic carbocycles. The normalized spacial score (nSPS) is 11.8. The van der Waals surface area contributed by atoms with Gasteiger partial charge < -0.3 is 9.84 Å². The lowest BCUT2D eigenvalue weighted by molar-refractivity contribution is 0.0690. The molecule has 1 aromatic carbocycles. The fourth-order valence-corrected chi connectivity index (χ4v) is 1.25. The summed E-state index contributed by atoms with van der Waals surface area (Å²) in [4.78, 5) is 10.9. The third-order valence-electron chi connectivity index (χ3n) is 1.94. The van der Waals surface area contributed by atoms with Crippen LogP contribution in [0.1, 0.15) is 23.7 Å². The molecule has 3 heteroatoms. The number of ether oxygens (including phenoxy) is 1. The van der Waals surface area contributed by atoms with Crippen LogP contribution in [0.5, 0.6) is 5.75 Å². The Morgan fingerprint density at radius 1 is 1.60 bits per heavy atom. The minimum Gasteiger partial charge on any atom is -0.489 e. The highest BCUT2D eigenvalue weighted by molar-refractivity contribution is 5.90. The van der Waals surface area contributed by atoms with Gasteiger partial charge in [-0.05, 0) is 19.1 Å². The minimum absolute atomic E-state index is 0.0667. The largest absolute Gasteiger partial charge is 0.489 e. The number of hydrogen-bond donors (Lipinski definition) is 1. The van der Waals surface area contributed by atoms with E-state index in [1.807, 2.05) is 6.92 Å². The van der Waals surface area contributed by atoms with Crippen molar-refractivity contribution < 1.29 is 14.6 Å². The number of carbonyl (C=O) groups is 1. The molecule has 0 saturated heterocycles. The van der Waals surface area contributed by atoms with E-state index in [1.165, 1.54) is 6.07 Å². The zero-order valence-corrected chi connectivity index (χ0v) is 8.64. The molecule has 1 atom stereocenters. The van der Waals surface area contributed by atoms with Gasteiger partial charge in [0.1, 0.15) is 11.3 Å². The lowest BCUT2D eigenvalue weighted by atomic mass is 10.2. The number of rotatable bonds is 5. The van der Waals surface area contributed by atoms with Gasteiger partial charge in [0.15, 0.2) is 0 Å². The highest BCUT2D eigenvalue weighted by Crippen LogP contribution is 2.19. The summed E-state index contributed by atoms with van der Waals surface area (Å²) in [5, 5.41) is 8.91. The van der Waals surface area contributed by atoms with Gasteiger partial charge in [0, 0.05) is 6.42 Å². The monoisotopic (exact) mass is 206 g/mol. The lowest BCUT2D eigenvalue weighted by Crippen LogP contribution is -2.12. The van der Waals surface area contributed by atoms with E-state index in [1.54, 1.807) is 24.3 Å². The smallest absolute Gasteiger partial charge is 0.339 e. The maximum absolute atomic E-state index is 10.9. The Hall–Kier alpha value is -1.77. The molecule has 0 amide bonds. The van der Waals surface area contributed by atoms with Gasteiger partial charge in [-0.2, -0.15) is 0 Å². The van der Waals surface area contributed by atoms with Crippen LogP contribution in [0.3, 0.4) is 0 Å². The van der Waals surface area contributed by atoms with Crippen molar-refractivity contribution in [3.63, 3.8) is 0 Å². The number of carboxylic acid groups (broad SMARTS) is 1. The summed E-state index contributed by atoms with van der Waals surface area (Å²) in [6.07, 6.45) is 2.37. The third-order valence-corrected chi connectivity index (χ3v) is 1.94. The second kappa shape index (κ2) is 5.20. The first-order chi connectivity index (χ1) is 7.15. The van der Waals surface area contributed by atoms with E-state index in [9.17, 15) is 4.79 Å². The Kier molecular flexibility index (Phi) is 3.92. The number of hydrogen-bond acceptors (Lipinski definition) is 2. The topological polar surface area (TPSA) is 46.5 Å². The van der Waals surface area contributed by atoms with Gasteiger partial charge in [-0.3, -0.25) is 0 Å². The average molecular weight is 206 g/mol. The molecule has 0 bridgehead atoms. The molecule has 80 valence electrons. The molecular weight excluding hydrogens is 192 g/mol. The molecule has 0 aliphatic heterocycles. The van der Waals surface area contributed by atoms with E-state index >= 15 is 0 Å².